The lowest BCUT2D eigenvalue weighted by Crippen LogP contribution is -2.12. The van der Waals surface area contributed by atoms with Gasteiger partial charge in [-0.3, -0.25) is 0 Å². The van der Waals surface area contributed by atoms with Crippen LogP contribution in [0.3, 0.4) is 0 Å². The summed E-state index contributed by atoms with van der Waals surface area (Å²) in [5.74, 6) is 0. The van der Waals surface area contributed by atoms with Crippen LogP contribution in [0.25, 0.3) is 0 Å². The number of nitrogens with zero attached hydrogens (tertiary/aromatic N) is 1. The number of nitrogens with one attached hydrogen (secondary N) is 1. The van der Waals surface area contributed by atoms with E-state index in [1.807, 2.05) is 13.0 Å². The molecule has 0 amide bonds. The molecule has 2 nitrogen and oxygen atoms in total. The number of aryl methyl sites for hydroxylation is 1. The minimum absolute atomic E-state index is 0.180. The summed E-state index contributed by atoms with van der Waals surface area (Å²) in [6.07, 6.45) is 1.77. The first-order valence-corrected chi connectivity index (χ1v) is 7.64. The van der Waals surface area contributed by atoms with Gasteiger partial charge in [0, 0.05) is 12.2 Å². The molecule has 0 aliphatic rings. The predicted molar refractivity (Wildman–Crippen MR) is 91.2 cm³/mol. The molecule has 2 aromatic rings. The van der Waals surface area contributed by atoms with E-state index in [0.717, 1.165) is 11.3 Å². The van der Waals surface area contributed by atoms with E-state index in [2.05, 4.69) is 62.3 Å². The molecule has 3 heteroatoms. The zero-order chi connectivity index (χ0) is 15.6. The first kappa shape index (κ1) is 15.8. The van der Waals surface area contributed by atoms with Crippen LogP contribution >= 0.6 is 11.6 Å². The zero-order valence-electron chi connectivity index (χ0n) is 13.4. The van der Waals surface area contributed by atoms with Crippen LogP contribution in [0.4, 0.5) is 5.69 Å². The summed E-state index contributed by atoms with van der Waals surface area (Å²) in [5.41, 5.74) is 4.73. The van der Waals surface area contributed by atoms with Crippen LogP contribution < -0.4 is 5.32 Å². The normalized spacial score (nSPS) is 13.0. The molecule has 0 aliphatic heterocycles. The number of pyridine rings is 1. The molecule has 112 valence electrons. The van der Waals surface area contributed by atoms with Gasteiger partial charge in [0.1, 0.15) is 0 Å². The zero-order valence-corrected chi connectivity index (χ0v) is 14.1. The van der Waals surface area contributed by atoms with E-state index in [4.69, 9.17) is 11.6 Å². The minimum Gasteiger partial charge on any atom is -0.376 e. The summed E-state index contributed by atoms with van der Waals surface area (Å²) < 4.78 is 0. The van der Waals surface area contributed by atoms with Crippen molar-refractivity contribution < 1.29 is 0 Å². The maximum Gasteiger partial charge on any atom is 0.152 e. The number of benzene rings is 1. The Morgan fingerprint density at radius 3 is 2.33 bits per heavy atom. The molecule has 0 saturated heterocycles. The molecule has 1 heterocycles. The number of anilines is 1. The molecule has 1 aromatic carbocycles. The summed E-state index contributed by atoms with van der Waals surface area (Å²) in [7, 11) is 0. The molecular formula is C18H23ClN2. The Morgan fingerprint density at radius 2 is 1.76 bits per heavy atom. The van der Waals surface area contributed by atoms with E-state index in [-0.39, 0.29) is 11.5 Å². The van der Waals surface area contributed by atoms with Crippen LogP contribution in [0.5, 0.6) is 0 Å². The third-order valence-corrected chi connectivity index (χ3v) is 3.93. The largest absolute Gasteiger partial charge is 0.376 e. The summed E-state index contributed by atoms with van der Waals surface area (Å²) in [5, 5.41) is 3.94. The van der Waals surface area contributed by atoms with E-state index in [0.29, 0.717) is 5.15 Å². The fourth-order valence-corrected chi connectivity index (χ4v) is 2.40. The first-order valence-electron chi connectivity index (χ1n) is 7.26. The van der Waals surface area contributed by atoms with E-state index in [1.165, 1.54) is 11.1 Å². The maximum atomic E-state index is 6.14. The van der Waals surface area contributed by atoms with Crippen molar-refractivity contribution in [3.63, 3.8) is 0 Å². The molecule has 0 bridgehead atoms. The Morgan fingerprint density at radius 1 is 1.14 bits per heavy atom. The minimum atomic E-state index is 0.180. The average molecular weight is 303 g/mol. The standard InChI is InChI=1S/C18H23ClN2/c1-12-10-16(17(19)20-11-12)21-13(2)14-6-8-15(9-7-14)18(3,4)5/h6-11,13,21H,1-5H3. The number of aromatic nitrogens is 1. The quantitative estimate of drug-likeness (QED) is 0.756. The van der Waals surface area contributed by atoms with Gasteiger partial charge in [-0.05, 0) is 42.0 Å². The monoisotopic (exact) mass is 302 g/mol. The molecule has 0 spiro atoms. The predicted octanol–water partition coefficient (Wildman–Crippen LogP) is 5.51. The van der Waals surface area contributed by atoms with Crippen LogP contribution in [-0.4, -0.2) is 4.98 Å². The van der Waals surface area contributed by atoms with Crippen LogP contribution in [0.2, 0.25) is 5.15 Å². The number of hydrogen-bond acceptors (Lipinski definition) is 2. The second-order valence-corrected chi connectivity index (χ2v) is 6.95. The molecule has 1 atom stereocenters. The number of halogens is 1. The van der Waals surface area contributed by atoms with Crippen LogP contribution in [-0.2, 0) is 5.41 Å². The van der Waals surface area contributed by atoms with Crippen molar-refractivity contribution in [2.24, 2.45) is 0 Å². The molecule has 0 saturated carbocycles. The molecule has 1 unspecified atom stereocenters. The summed E-state index contributed by atoms with van der Waals surface area (Å²) in [6, 6.07) is 11.0. The highest BCUT2D eigenvalue weighted by atomic mass is 35.5. The Labute approximate surface area is 132 Å². The molecule has 0 aliphatic carbocycles. The van der Waals surface area contributed by atoms with E-state index < -0.39 is 0 Å². The van der Waals surface area contributed by atoms with Crippen molar-refractivity contribution in [2.75, 3.05) is 5.32 Å². The van der Waals surface area contributed by atoms with Crippen molar-refractivity contribution >= 4 is 17.3 Å². The van der Waals surface area contributed by atoms with E-state index in [9.17, 15) is 0 Å². The highest BCUT2D eigenvalue weighted by Gasteiger charge is 2.14. The van der Waals surface area contributed by atoms with Crippen LogP contribution in [0.15, 0.2) is 36.5 Å². The van der Waals surface area contributed by atoms with Gasteiger partial charge in [-0.1, -0.05) is 56.6 Å². The molecule has 1 N–H and O–H groups in total. The molecular weight excluding hydrogens is 280 g/mol. The third kappa shape index (κ3) is 3.98. The molecule has 2 rings (SSSR count). The number of rotatable bonds is 3. The highest BCUT2D eigenvalue weighted by molar-refractivity contribution is 6.31. The van der Waals surface area contributed by atoms with Gasteiger partial charge >= 0.3 is 0 Å². The first-order chi connectivity index (χ1) is 9.77. The Bertz CT molecular complexity index is 612. The molecule has 0 fully saturated rings. The Balaban J connectivity index is 2.17. The highest BCUT2D eigenvalue weighted by Crippen LogP contribution is 2.27. The molecule has 0 radical (unpaired) electrons. The second-order valence-electron chi connectivity index (χ2n) is 6.59. The van der Waals surface area contributed by atoms with Crippen molar-refractivity contribution in [1.29, 1.82) is 0 Å². The maximum absolute atomic E-state index is 6.14. The lowest BCUT2D eigenvalue weighted by Gasteiger charge is -2.21. The summed E-state index contributed by atoms with van der Waals surface area (Å²) in [6.45, 7) is 10.8. The van der Waals surface area contributed by atoms with Gasteiger partial charge in [-0.15, -0.1) is 0 Å². The van der Waals surface area contributed by atoms with Crippen molar-refractivity contribution in [3.05, 3.63) is 58.4 Å². The Kier molecular flexibility index (Phi) is 4.58. The van der Waals surface area contributed by atoms with Gasteiger partial charge in [0.25, 0.3) is 0 Å². The molecule has 21 heavy (non-hydrogen) atoms. The fraction of sp³-hybridized carbons (Fsp3) is 0.389. The lowest BCUT2D eigenvalue weighted by molar-refractivity contribution is 0.589. The van der Waals surface area contributed by atoms with Gasteiger partial charge in [-0.25, -0.2) is 4.98 Å². The average Bonchev–Trinajstić information content (AvgIpc) is 2.42. The Hall–Kier alpha value is -1.54. The lowest BCUT2D eigenvalue weighted by atomic mass is 9.86. The summed E-state index contributed by atoms with van der Waals surface area (Å²) in [4.78, 5) is 4.17. The van der Waals surface area contributed by atoms with Gasteiger partial charge in [0.05, 0.1) is 5.69 Å². The number of hydrogen-bond donors (Lipinski definition) is 1. The fourth-order valence-electron chi connectivity index (χ4n) is 2.24. The third-order valence-electron chi connectivity index (χ3n) is 3.62. The molecule has 1 aromatic heterocycles. The van der Waals surface area contributed by atoms with Gasteiger partial charge in [0.2, 0.25) is 0 Å². The second kappa shape index (κ2) is 6.07. The smallest absolute Gasteiger partial charge is 0.152 e. The topological polar surface area (TPSA) is 24.9 Å². The SMILES string of the molecule is Cc1cnc(Cl)c(NC(C)c2ccc(C(C)(C)C)cc2)c1. The van der Waals surface area contributed by atoms with Crippen molar-refractivity contribution in [3.8, 4) is 0 Å². The van der Waals surface area contributed by atoms with Gasteiger partial charge < -0.3 is 5.32 Å². The van der Waals surface area contributed by atoms with E-state index >= 15 is 0 Å². The van der Waals surface area contributed by atoms with Crippen molar-refractivity contribution in [2.45, 2.75) is 46.1 Å². The van der Waals surface area contributed by atoms with Gasteiger partial charge in [0.15, 0.2) is 5.15 Å². The van der Waals surface area contributed by atoms with Crippen molar-refractivity contribution in [1.82, 2.24) is 4.98 Å². The summed E-state index contributed by atoms with van der Waals surface area (Å²) >= 11 is 6.14. The van der Waals surface area contributed by atoms with Gasteiger partial charge in [-0.2, -0.15) is 0 Å². The van der Waals surface area contributed by atoms with E-state index in [1.54, 1.807) is 6.20 Å². The van der Waals surface area contributed by atoms with Crippen LogP contribution in [0, 0.1) is 6.92 Å². The van der Waals surface area contributed by atoms with Crippen LogP contribution in [0.1, 0.15) is 50.4 Å².